The van der Waals surface area contributed by atoms with Crippen molar-refractivity contribution in [3.63, 3.8) is 0 Å². The molecule has 0 amide bonds. The van der Waals surface area contributed by atoms with Gasteiger partial charge in [0.15, 0.2) is 0 Å². The van der Waals surface area contributed by atoms with E-state index in [1.807, 2.05) is 6.92 Å². The lowest BCUT2D eigenvalue weighted by atomic mass is 10.1. The van der Waals surface area contributed by atoms with Gasteiger partial charge in [0.25, 0.3) is 0 Å². The zero-order valence-corrected chi connectivity index (χ0v) is 8.71. The van der Waals surface area contributed by atoms with E-state index in [0.717, 1.165) is 31.1 Å². The van der Waals surface area contributed by atoms with Crippen LogP contribution in [0.2, 0.25) is 0 Å². The highest BCUT2D eigenvalue weighted by molar-refractivity contribution is 5.25. The standard InChI is InChI=1S/C11H16N2O/c1-8-3-4-10(9(2)13-8)11-7-14-6-5-12-11/h3-4,11-12H,5-7H2,1-2H3/t11-/m1/s1. The van der Waals surface area contributed by atoms with E-state index < -0.39 is 0 Å². The lowest BCUT2D eigenvalue weighted by Gasteiger charge is -2.25. The Hall–Kier alpha value is -0.930. The Morgan fingerprint density at radius 3 is 2.93 bits per heavy atom. The van der Waals surface area contributed by atoms with Crippen LogP contribution in [0.3, 0.4) is 0 Å². The molecule has 1 fully saturated rings. The predicted molar refractivity (Wildman–Crippen MR) is 55.3 cm³/mol. The molecule has 1 aromatic heterocycles. The van der Waals surface area contributed by atoms with Gasteiger partial charge in [-0.3, -0.25) is 4.98 Å². The molecular formula is C11H16N2O. The van der Waals surface area contributed by atoms with Gasteiger partial charge in [-0.05, 0) is 25.5 Å². The molecule has 1 aliphatic heterocycles. The summed E-state index contributed by atoms with van der Waals surface area (Å²) in [6, 6.07) is 4.51. The van der Waals surface area contributed by atoms with Gasteiger partial charge in [0.2, 0.25) is 0 Å². The third-order valence-electron chi connectivity index (χ3n) is 2.56. The SMILES string of the molecule is Cc1ccc([C@H]2COCCN2)c(C)n1. The van der Waals surface area contributed by atoms with Gasteiger partial charge in [0.1, 0.15) is 0 Å². The number of nitrogens with zero attached hydrogens (tertiary/aromatic N) is 1. The Labute approximate surface area is 84.5 Å². The molecule has 3 heteroatoms. The number of pyridine rings is 1. The average Bonchev–Trinajstić information content (AvgIpc) is 2.19. The molecule has 2 rings (SSSR count). The molecule has 0 radical (unpaired) electrons. The van der Waals surface area contributed by atoms with E-state index in [9.17, 15) is 0 Å². The quantitative estimate of drug-likeness (QED) is 0.729. The van der Waals surface area contributed by atoms with E-state index in [2.05, 4.69) is 29.4 Å². The van der Waals surface area contributed by atoms with Crippen LogP contribution in [0.4, 0.5) is 0 Å². The van der Waals surface area contributed by atoms with Crippen LogP contribution in [0.1, 0.15) is 23.0 Å². The van der Waals surface area contributed by atoms with E-state index >= 15 is 0 Å². The first-order chi connectivity index (χ1) is 6.77. The Morgan fingerprint density at radius 1 is 1.43 bits per heavy atom. The van der Waals surface area contributed by atoms with Crippen molar-refractivity contribution < 1.29 is 4.74 Å². The van der Waals surface area contributed by atoms with E-state index in [0.29, 0.717) is 6.04 Å². The van der Waals surface area contributed by atoms with Crippen LogP contribution in [-0.4, -0.2) is 24.7 Å². The summed E-state index contributed by atoms with van der Waals surface area (Å²) in [5.74, 6) is 0. The summed E-state index contributed by atoms with van der Waals surface area (Å²) >= 11 is 0. The minimum Gasteiger partial charge on any atom is -0.378 e. The number of aromatic nitrogens is 1. The van der Waals surface area contributed by atoms with Crippen LogP contribution in [-0.2, 0) is 4.74 Å². The van der Waals surface area contributed by atoms with Crippen molar-refractivity contribution in [2.24, 2.45) is 0 Å². The molecule has 1 aliphatic rings. The first-order valence-electron chi connectivity index (χ1n) is 5.02. The van der Waals surface area contributed by atoms with Crippen molar-refractivity contribution in [2.75, 3.05) is 19.8 Å². The molecule has 1 aromatic rings. The van der Waals surface area contributed by atoms with Crippen molar-refractivity contribution in [1.29, 1.82) is 0 Å². The Balaban J connectivity index is 2.22. The fourth-order valence-corrected chi connectivity index (χ4v) is 1.83. The van der Waals surface area contributed by atoms with E-state index in [4.69, 9.17) is 4.74 Å². The zero-order valence-electron chi connectivity index (χ0n) is 8.71. The van der Waals surface area contributed by atoms with Gasteiger partial charge in [-0.25, -0.2) is 0 Å². The summed E-state index contributed by atoms with van der Waals surface area (Å²) in [5.41, 5.74) is 3.44. The Morgan fingerprint density at radius 2 is 2.29 bits per heavy atom. The van der Waals surface area contributed by atoms with Crippen LogP contribution in [0, 0.1) is 13.8 Å². The van der Waals surface area contributed by atoms with Gasteiger partial charge < -0.3 is 10.1 Å². The monoisotopic (exact) mass is 192 g/mol. The van der Waals surface area contributed by atoms with E-state index in [-0.39, 0.29) is 0 Å². The van der Waals surface area contributed by atoms with Gasteiger partial charge >= 0.3 is 0 Å². The molecule has 1 atom stereocenters. The van der Waals surface area contributed by atoms with Gasteiger partial charge in [0, 0.05) is 17.9 Å². The summed E-state index contributed by atoms with van der Waals surface area (Å²) in [5, 5.41) is 3.43. The third-order valence-corrected chi connectivity index (χ3v) is 2.56. The molecule has 0 bridgehead atoms. The van der Waals surface area contributed by atoms with Crippen LogP contribution < -0.4 is 5.32 Å². The number of rotatable bonds is 1. The topological polar surface area (TPSA) is 34.1 Å². The predicted octanol–water partition coefficient (Wildman–Crippen LogP) is 1.36. The molecule has 0 aromatic carbocycles. The second-order valence-electron chi connectivity index (χ2n) is 3.71. The molecule has 76 valence electrons. The van der Waals surface area contributed by atoms with Gasteiger partial charge in [-0.1, -0.05) is 6.07 Å². The van der Waals surface area contributed by atoms with Crippen LogP contribution in [0.5, 0.6) is 0 Å². The maximum absolute atomic E-state index is 5.43. The minimum atomic E-state index is 0.317. The fourth-order valence-electron chi connectivity index (χ4n) is 1.83. The summed E-state index contributed by atoms with van der Waals surface area (Å²) in [7, 11) is 0. The normalized spacial score (nSPS) is 22.3. The second kappa shape index (κ2) is 4.07. The van der Waals surface area contributed by atoms with Gasteiger partial charge in [0.05, 0.1) is 19.3 Å². The van der Waals surface area contributed by atoms with Gasteiger partial charge in [-0.2, -0.15) is 0 Å². The van der Waals surface area contributed by atoms with E-state index in [1.165, 1.54) is 5.56 Å². The molecule has 3 nitrogen and oxygen atoms in total. The largest absolute Gasteiger partial charge is 0.378 e. The lowest BCUT2D eigenvalue weighted by Crippen LogP contribution is -2.35. The molecule has 0 spiro atoms. The van der Waals surface area contributed by atoms with Crippen LogP contribution >= 0.6 is 0 Å². The summed E-state index contributed by atoms with van der Waals surface area (Å²) in [4.78, 5) is 4.45. The van der Waals surface area contributed by atoms with Crippen molar-refractivity contribution in [1.82, 2.24) is 10.3 Å². The number of aryl methyl sites for hydroxylation is 2. The van der Waals surface area contributed by atoms with Crippen molar-refractivity contribution >= 4 is 0 Å². The molecule has 0 unspecified atom stereocenters. The highest BCUT2D eigenvalue weighted by Gasteiger charge is 2.17. The molecule has 14 heavy (non-hydrogen) atoms. The Kier molecular flexibility index (Phi) is 2.79. The first-order valence-corrected chi connectivity index (χ1v) is 5.02. The zero-order chi connectivity index (χ0) is 9.97. The highest BCUT2D eigenvalue weighted by atomic mass is 16.5. The molecule has 1 saturated heterocycles. The smallest absolute Gasteiger partial charge is 0.0662 e. The minimum absolute atomic E-state index is 0.317. The summed E-state index contributed by atoms with van der Waals surface area (Å²) < 4.78 is 5.43. The lowest BCUT2D eigenvalue weighted by molar-refractivity contribution is 0.0765. The van der Waals surface area contributed by atoms with Gasteiger partial charge in [-0.15, -0.1) is 0 Å². The van der Waals surface area contributed by atoms with Crippen molar-refractivity contribution in [3.05, 3.63) is 29.1 Å². The average molecular weight is 192 g/mol. The first kappa shape index (κ1) is 9.62. The Bertz CT molecular complexity index is 319. The number of hydrogen-bond donors (Lipinski definition) is 1. The van der Waals surface area contributed by atoms with Crippen molar-refractivity contribution in [3.8, 4) is 0 Å². The molecule has 0 aliphatic carbocycles. The second-order valence-corrected chi connectivity index (χ2v) is 3.71. The number of nitrogens with one attached hydrogen (secondary N) is 1. The third kappa shape index (κ3) is 1.94. The number of ether oxygens (including phenoxy) is 1. The molecule has 2 heterocycles. The summed E-state index contributed by atoms with van der Waals surface area (Å²) in [6.07, 6.45) is 0. The summed E-state index contributed by atoms with van der Waals surface area (Å²) in [6.45, 7) is 6.57. The van der Waals surface area contributed by atoms with E-state index in [1.54, 1.807) is 0 Å². The maximum Gasteiger partial charge on any atom is 0.0662 e. The molecular weight excluding hydrogens is 176 g/mol. The van der Waals surface area contributed by atoms with Crippen molar-refractivity contribution in [2.45, 2.75) is 19.9 Å². The number of hydrogen-bond acceptors (Lipinski definition) is 3. The molecule has 0 saturated carbocycles. The van der Waals surface area contributed by atoms with Crippen LogP contribution in [0.25, 0.3) is 0 Å². The number of morpholine rings is 1. The maximum atomic E-state index is 5.43. The highest BCUT2D eigenvalue weighted by Crippen LogP contribution is 2.18. The molecule has 1 N–H and O–H groups in total. The fraction of sp³-hybridized carbons (Fsp3) is 0.545. The van der Waals surface area contributed by atoms with Crippen LogP contribution in [0.15, 0.2) is 12.1 Å².